The summed E-state index contributed by atoms with van der Waals surface area (Å²) in [4.78, 5) is 26.2. The summed E-state index contributed by atoms with van der Waals surface area (Å²) in [5, 5.41) is 9.50. The van der Waals surface area contributed by atoms with E-state index in [1.807, 2.05) is 0 Å². The third kappa shape index (κ3) is 2.45. The van der Waals surface area contributed by atoms with Gasteiger partial charge in [0.2, 0.25) is 5.91 Å². The number of carboxylic acid groups (broad SMARTS) is 1. The van der Waals surface area contributed by atoms with E-state index >= 15 is 0 Å². The molecule has 2 fully saturated rings. The molecule has 1 aliphatic heterocycles. The number of nitrogens with two attached hydrogens (primary N) is 1. The van der Waals surface area contributed by atoms with Crippen molar-refractivity contribution in [2.75, 3.05) is 6.54 Å². The van der Waals surface area contributed by atoms with Gasteiger partial charge in [-0.25, -0.2) is 4.79 Å². The second kappa shape index (κ2) is 5.27. The third-order valence-corrected chi connectivity index (χ3v) is 6.17. The van der Waals surface area contributed by atoms with E-state index in [0.717, 1.165) is 19.3 Å². The fourth-order valence-corrected chi connectivity index (χ4v) is 4.02. The Morgan fingerprint density at radius 1 is 1.24 bits per heavy atom. The summed E-state index contributed by atoms with van der Waals surface area (Å²) in [6, 6.07) is 0.119. The quantitative estimate of drug-likeness (QED) is 0.814. The maximum Gasteiger partial charge on any atom is 0.329 e. The number of rotatable bonds is 2. The van der Waals surface area contributed by atoms with Crippen LogP contribution in [-0.4, -0.2) is 40.0 Å². The van der Waals surface area contributed by atoms with E-state index < -0.39 is 11.5 Å². The first kappa shape index (κ1) is 16.3. The summed E-state index contributed by atoms with van der Waals surface area (Å²) in [7, 11) is 0. The molecule has 1 saturated heterocycles. The minimum absolute atomic E-state index is 0.00106. The average molecular weight is 296 g/mol. The minimum atomic E-state index is -1.05. The van der Waals surface area contributed by atoms with Gasteiger partial charge < -0.3 is 15.7 Å². The molecule has 1 saturated carbocycles. The molecule has 5 heteroatoms. The average Bonchev–Trinajstić information content (AvgIpc) is 2.79. The zero-order valence-electron chi connectivity index (χ0n) is 13.6. The molecular weight excluding hydrogens is 268 g/mol. The van der Waals surface area contributed by atoms with Gasteiger partial charge in [0, 0.05) is 18.5 Å². The third-order valence-electron chi connectivity index (χ3n) is 6.17. The Morgan fingerprint density at radius 2 is 1.86 bits per heavy atom. The molecule has 21 heavy (non-hydrogen) atoms. The number of carbonyl (C=O) groups excluding carboxylic acids is 1. The number of hydrogen-bond acceptors (Lipinski definition) is 3. The summed E-state index contributed by atoms with van der Waals surface area (Å²) in [5.74, 6) is -0.782. The lowest BCUT2D eigenvalue weighted by Gasteiger charge is -2.48. The van der Waals surface area contributed by atoms with Gasteiger partial charge in [0.1, 0.15) is 5.54 Å². The first-order chi connectivity index (χ1) is 9.62. The fourth-order valence-electron chi connectivity index (χ4n) is 4.02. The monoisotopic (exact) mass is 296 g/mol. The van der Waals surface area contributed by atoms with Gasteiger partial charge in [-0.05, 0) is 43.9 Å². The number of likely N-dealkylation sites (tertiary alicyclic amines) is 1. The molecular formula is C16H28N2O3. The number of aliphatic carboxylic acids is 1. The van der Waals surface area contributed by atoms with Crippen LogP contribution in [0.25, 0.3) is 0 Å². The van der Waals surface area contributed by atoms with Crippen LogP contribution in [0, 0.1) is 17.3 Å². The molecule has 0 aromatic rings. The predicted molar refractivity (Wildman–Crippen MR) is 80.6 cm³/mol. The number of amides is 1. The number of carboxylic acids is 1. The van der Waals surface area contributed by atoms with Crippen molar-refractivity contribution in [2.24, 2.45) is 23.0 Å². The summed E-state index contributed by atoms with van der Waals surface area (Å²) in [6.07, 6.45) is 2.88. The lowest BCUT2D eigenvalue weighted by Crippen LogP contribution is -2.57. The maximum absolute atomic E-state index is 13.0. The van der Waals surface area contributed by atoms with Crippen LogP contribution in [0.5, 0.6) is 0 Å². The molecule has 4 unspecified atom stereocenters. The van der Waals surface area contributed by atoms with E-state index in [0.29, 0.717) is 13.0 Å². The molecule has 4 atom stereocenters. The summed E-state index contributed by atoms with van der Waals surface area (Å²) in [5.41, 5.74) is 4.91. The molecule has 120 valence electrons. The van der Waals surface area contributed by atoms with Gasteiger partial charge in [0.05, 0.1) is 0 Å². The number of nitrogens with zero attached hydrogens (tertiary/aromatic N) is 1. The summed E-state index contributed by atoms with van der Waals surface area (Å²) >= 11 is 0. The molecule has 0 aromatic carbocycles. The van der Waals surface area contributed by atoms with E-state index in [1.54, 1.807) is 11.8 Å². The highest BCUT2D eigenvalue weighted by Gasteiger charge is 2.52. The van der Waals surface area contributed by atoms with Crippen molar-refractivity contribution in [3.05, 3.63) is 0 Å². The van der Waals surface area contributed by atoms with Gasteiger partial charge in [-0.2, -0.15) is 0 Å². The van der Waals surface area contributed by atoms with Crippen LogP contribution in [-0.2, 0) is 9.59 Å². The molecule has 2 rings (SSSR count). The second-order valence-electron chi connectivity index (χ2n) is 7.58. The van der Waals surface area contributed by atoms with Gasteiger partial charge in [-0.1, -0.05) is 20.8 Å². The Morgan fingerprint density at radius 3 is 2.43 bits per heavy atom. The van der Waals surface area contributed by atoms with Crippen LogP contribution in [0.3, 0.4) is 0 Å². The van der Waals surface area contributed by atoms with Crippen LogP contribution >= 0.6 is 0 Å². The topological polar surface area (TPSA) is 83.6 Å². The maximum atomic E-state index is 13.0. The lowest BCUT2D eigenvalue weighted by molar-refractivity contribution is -0.160. The van der Waals surface area contributed by atoms with Gasteiger partial charge in [0.15, 0.2) is 0 Å². The normalized spacial score (nSPS) is 39.3. The molecule has 0 bridgehead atoms. The zero-order chi connectivity index (χ0) is 16.0. The minimum Gasteiger partial charge on any atom is -0.480 e. The molecule has 1 amide bonds. The zero-order valence-corrected chi connectivity index (χ0v) is 13.6. The fraction of sp³-hybridized carbons (Fsp3) is 0.875. The van der Waals surface area contributed by atoms with Crippen molar-refractivity contribution in [1.29, 1.82) is 0 Å². The standard InChI is InChI=1S/C16H28N2O3/c1-10-12(17)7-6-11(15(10,2)3)13(19)18-9-5-8-16(18,4)14(20)21/h10-12H,5-9,17H2,1-4H3,(H,20,21). The van der Waals surface area contributed by atoms with Gasteiger partial charge in [-0.3, -0.25) is 4.79 Å². The van der Waals surface area contributed by atoms with Crippen LogP contribution < -0.4 is 5.73 Å². The number of carbonyl (C=O) groups is 2. The predicted octanol–water partition coefficient (Wildman–Crippen LogP) is 1.85. The Hall–Kier alpha value is -1.10. The number of hydrogen-bond donors (Lipinski definition) is 2. The molecule has 0 spiro atoms. The molecule has 0 aromatic heterocycles. The van der Waals surface area contributed by atoms with Gasteiger partial charge in [-0.15, -0.1) is 0 Å². The first-order valence-corrected chi connectivity index (χ1v) is 7.93. The highest BCUT2D eigenvalue weighted by atomic mass is 16.4. The Kier molecular flexibility index (Phi) is 4.08. The van der Waals surface area contributed by atoms with Crippen molar-refractivity contribution in [3.8, 4) is 0 Å². The second-order valence-corrected chi connectivity index (χ2v) is 7.58. The Bertz CT molecular complexity index is 449. The Labute approximate surface area is 126 Å². The molecule has 5 nitrogen and oxygen atoms in total. The van der Waals surface area contributed by atoms with Crippen LogP contribution in [0.2, 0.25) is 0 Å². The largest absolute Gasteiger partial charge is 0.480 e. The molecule has 2 aliphatic rings. The van der Waals surface area contributed by atoms with Crippen LogP contribution in [0.4, 0.5) is 0 Å². The molecule has 1 aliphatic carbocycles. The van der Waals surface area contributed by atoms with Crippen LogP contribution in [0.15, 0.2) is 0 Å². The molecule has 3 N–H and O–H groups in total. The van der Waals surface area contributed by atoms with Gasteiger partial charge in [0.25, 0.3) is 0 Å². The van der Waals surface area contributed by atoms with Crippen molar-refractivity contribution in [1.82, 2.24) is 4.90 Å². The molecule has 1 heterocycles. The van der Waals surface area contributed by atoms with E-state index in [9.17, 15) is 14.7 Å². The van der Waals surface area contributed by atoms with Crippen molar-refractivity contribution in [3.63, 3.8) is 0 Å². The smallest absolute Gasteiger partial charge is 0.329 e. The highest BCUT2D eigenvalue weighted by molar-refractivity contribution is 5.89. The summed E-state index contributed by atoms with van der Waals surface area (Å²) in [6.45, 7) is 8.51. The van der Waals surface area contributed by atoms with Crippen LogP contribution in [0.1, 0.15) is 53.4 Å². The van der Waals surface area contributed by atoms with E-state index in [-0.39, 0.29) is 29.2 Å². The van der Waals surface area contributed by atoms with Crippen molar-refractivity contribution in [2.45, 2.75) is 65.0 Å². The van der Waals surface area contributed by atoms with Crippen molar-refractivity contribution >= 4 is 11.9 Å². The van der Waals surface area contributed by atoms with E-state index in [2.05, 4.69) is 20.8 Å². The van der Waals surface area contributed by atoms with Gasteiger partial charge >= 0.3 is 5.97 Å². The van der Waals surface area contributed by atoms with E-state index in [1.165, 1.54) is 0 Å². The van der Waals surface area contributed by atoms with E-state index in [4.69, 9.17) is 5.73 Å². The SMILES string of the molecule is CC1C(N)CCC(C(=O)N2CCCC2(C)C(=O)O)C1(C)C. The summed E-state index contributed by atoms with van der Waals surface area (Å²) < 4.78 is 0. The first-order valence-electron chi connectivity index (χ1n) is 7.93. The highest BCUT2D eigenvalue weighted by Crippen LogP contribution is 2.46. The van der Waals surface area contributed by atoms with Crippen molar-refractivity contribution < 1.29 is 14.7 Å². The lowest BCUT2D eigenvalue weighted by atomic mass is 9.60. The molecule has 0 radical (unpaired) electrons. The Balaban J connectivity index is 2.26.